The number of aryl methyl sites for hydroxylation is 1. The Balaban J connectivity index is 0.00000261. The molecular weight excluding hydrogens is 371 g/mol. The molecule has 27 heavy (non-hydrogen) atoms. The predicted octanol–water partition coefficient (Wildman–Crippen LogP) is 3.08. The minimum Gasteiger partial charge on any atom is -0.342 e. The molecule has 0 spiro atoms. The van der Waals surface area contributed by atoms with Crippen molar-refractivity contribution in [2.24, 2.45) is 5.92 Å². The Labute approximate surface area is 164 Å². The molecule has 1 saturated heterocycles. The van der Waals surface area contributed by atoms with Gasteiger partial charge >= 0.3 is 0 Å². The summed E-state index contributed by atoms with van der Waals surface area (Å²) >= 11 is 0. The Kier molecular flexibility index (Phi) is 8.19. The van der Waals surface area contributed by atoms with Gasteiger partial charge in [-0.05, 0) is 63.0 Å². The van der Waals surface area contributed by atoms with Gasteiger partial charge in [0.05, 0.1) is 0 Å². The molecule has 8 heteroatoms. The van der Waals surface area contributed by atoms with Crippen molar-refractivity contribution >= 4 is 18.3 Å². The van der Waals surface area contributed by atoms with Crippen LogP contribution in [0.3, 0.4) is 0 Å². The molecule has 1 fully saturated rings. The Morgan fingerprint density at radius 3 is 2.89 bits per heavy atom. The Morgan fingerprint density at radius 1 is 1.37 bits per heavy atom. The monoisotopic (exact) mass is 396 g/mol. The Morgan fingerprint density at radius 2 is 2.15 bits per heavy atom. The number of benzene rings is 1. The molecule has 1 aliphatic rings. The van der Waals surface area contributed by atoms with E-state index in [0.717, 1.165) is 26.1 Å². The second kappa shape index (κ2) is 10.4. The van der Waals surface area contributed by atoms with Crippen molar-refractivity contribution in [2.45, 2.75) is 32.1 Å². The third-order valence-electron chi connectivity index (χ3n) is 4.72. The summed E-state index contributed by atoms with van der Waals surface area (Å²) in [6, 6.07) is 5.96. The van der Waals surface area contributed by atoms with Crippen LogP contribution in [0.15, 0.2) is 28.8 Å². The van der Waals surface area contributed by atoms with Gasteiger partial charge in [-0.15, -0.1) is 12.4 Å². The molecule has 2 aromatic rings. The highest BCUT2D eigenvalue weighted by molar-refractivity contribution is 5.85. The topological polar surface area (TPSA) is 71.3 Å². The van der Waals surface area contributed by atoms with Crippen molar-refractivity contribution in [1.29, 1.82) is 0 Å². The second-order valence-electron chi connectivity index (χ2n) is 6.78. The first kappa shape index (κ1) is 21.3. The number of rotatable bonds is 7. The van der Waals surface area contributed by atoms with Crippen LogP contribution in [-0.2, 0) is 11.2 Å². The standard InChI is InChI=1S/C19H25FN4O2.ClH/c1-21-12-14-4-3-11-24(13-14)18(25)6-2-5-17-22-19(23-26-17)15-7-9-16(20)10-8-15;/h7-10,14,21H,2-6,11-13H2,1H3;1H. The third-order valence-corrected chi connectivity index (χ3v) is 4.72. The van der Waals surface area contributed by atoms with Crippen LogP contribution in [0.5, 0.6) is 0 Å². The van der Waals surface area contributed by atoms with E-state index in [0.29, 0.717) is 42.5 Å². The summed E-state index contributed by atoms with van der Waals surface area (Å²) < 4.78 is 18.2. The highest BCUT2D eigenvalue weighted by atomic mass is 35.5. The average Bonchev–Trinajstić information content (AvgIpc) is 3.12. The molecule has 1 aliphatic heterocycles. The molecule has 0 bridgehead atoms. The maximum absolute atomic E-state index is 13.0. The number of carbonyl (C=O) groups is 1. The van der Waals surface area contributed by atoms with Gasteiger partial charge in [0.15, 0.2) is 0 Å². The fourth-order valence-corrected chi connectivity index (χ4v) is 3.37. The molecule has 2 heterocycles. The molecule has 6 nitrogen and oxygen atoms in total. The quantitative estimate of drug-likeness (QED) is 0.778. The summed E-state index contributed by atoms with van der Waals surface area (Å²) in [5.41, 5.74) is 0.710. The number of carbonyl (C=O) groups excluding carboxylic acids is 1. The largest absolute Gasteiger partial charge is 0.342 e. The lowest BCUT2D eigenvalue weighted by Gasteiger charge is -2.32. The van der Waals surface area contributed by atoms with Crippen molar-refractivity contribution in [3.8, 4) is 11.4 Å². The van der Waals surface area contributed by atoms with Gasteiger partial charge in [-0.1, -0.05) is 5.16 Å². The highest BCUT2D eigenvalue weighted by Gasteiger charge is 2.22. The van der Waals surface area contributed by atoms with Crippen LogP contribution in [0.4, 0.5) is 4.39 Å². The molecule has 0 saturated carbocycles. The number of nitrogens with one attached hydrogen (secondary N) is 1. The fraction of sp³-hybridized carbons (Fsp3) is 0.526. The van der Waals surface area contributed by atoms with E-state index in [-0.39, 0.29) is 24.1 Å². The predicted molar refractivity (Wildman–Crippen MR) is 103 cm³/mol. The number of amides is 1. The molecule has 0 aliphatic carbocycles. The number of nitrogens with zero attached hydrogens (tertiary/aromatic N) is 3. The summed E-state index contributed by atoms with van der Waals surface area (Å²) in [4.78, 5) is 18.7. The first-order chi connectivity index (χ1) is 12.7. The van der Waals surface area contributed by atoms with Crippen LogP contribution in [0, 0.1) is 11.7 Å². The van der Waals surface area contributed by atoms with Crippen LogP contribution in [-0.4, -0.2) is 47.6 Å². The zero-order chi connectivity index (χ0) is 18.4. The molecule has 1 unspecified atom stereocenters. The second-order valence-corrected chi connectivity index (χ2v) is 6.78. The SMILES string of the molecule is CNCC1CCCN(C(=O)CCCc2nc(-c3ccc(F)cc3)no2)C1.Cl. The van der Waals surface area contributed by atoms with Crippen molar-refractivity contribution < 1.29 is 13.7 Å². The lowest BCUT2D eigenvalue weighted by Crippen LogP contribution is -2.42. The van der Waals surface area contributed by atoms with E-state index in [4.69, 9.17) is 4.52 Å². The van der Waals surface area contributed by atoms with Crippen LogP contribution >= 0.6 is 12.4 Å². The summed E-state index contributed by atoms with van der Waals surface area (Å²) in [6.45, 7) is 2.65. The number of piperidine rings is 1. The van der Waals surface area contributed by atoms with E-state index >= 15 is 0 Å². The summed E-state index contributed by atoms with van der Waals surface area (Å²) in [5.74, 6) is 1.39. The maximum atomic E-state index is 13.0. The van der Waals surface area contributed by atoms with Crippen LogP contribution in [0.25, 0.3) is 11.4 Å². The molecular formula is C19H26ClFN4O2. The molecule has 1 amide bonds. The summed E-state index contributed by atoms with van der Waals surface area (Å²) in [6.07, 6.45) is 3.98. The van der Waals surface area contributed by atoms with Crippen molar-refractivity contribution in [1.82, 2.24) is 20.4 Å². The van der Waals surface area contributed by atoms with E-state index in [1.807, 2.05) is 11.9 Å². The van der Waals surface area contributed by atoms with Crippen molar-refractivity contribution in [3.05, 3.63) is 36.0 Å². The molecule has 148 valence electrons. The average molecular weight is 397 g/mol. The smallest absolute Gasteiger partial charge is 0.226 e. The Hall–Kier alpha value is -1.99. The lowest BCUT2D eigenvalue weighted by molar-refractivity contribution is -0.133. The molecule has 1 aromatic heterocycles. The molecule has 1 atom stereocenters. The molecule has 1 aromatic carbocycles. The number of likely N-dealkylation sites (tertiary alicyclic amines) is 1. The Bertz CT molecular complexity index is 721. The number of aromatic nitrogens is 2. The van der Waals surface area contributed by atoms with E-state index < -0.39 is 0 Å². The van der Waals surface area contributed by atoms with Gasteiger partial charge in [-0.2, -0.15) is 4.98 Å². The van der Waals surface area contributed by atoms with Gasteiger partial charge in [0.2, 0.25) is 17.6 Å². The van der Waals surface area contributed by atoms with E-state index in [1.54, 1.807) is 12.1 Å². The van der Waals surface area contributed by atoms with E-state index in [9.17, 15) is 9.18 Å². The highest BCUT2D eigenvalue weighted by Crippen LogP contribution is 2.19. The minimum absolute atomic E-state index is 0. The van der Waals surface area contributed by atoms with E-state index in [2.05, 4.69) is 15.5 Å². The molecule has 0 radical (unpaired) electrons. The van der Waals surface area contributed by atoms with Gasteiger partial charge in [-0.25, -0.2) is 4.39 Å². The van der Waals surface area contributed by atoms with Crippen LogP contribution < -0.4 is 5.32 Å². The van der Waals surface area contributed by atoms with Crippen molar-refractivity contribution in [2.75, 3.05) is 26.7 Å². The number of hydrogen-bond acceptors (Lipinski definition) is 5. The van der Waals surface area contributed by atoms with Crippen LogP contribution in [0.1, 0.15) is 31.6 Å². The first-order valence-corrected chi connectivity index (χ1v) is 9.16. The molecule has 1 N–H and O–H groups in total. The first-order valence-electron chi connectivity index (χ1n) is 9.16. The summed E-state index contributed by atoms with van der Waals surface area (Å²) in [7, 11) is 1.95. The molecule has 3 rings (SSSR count). The zero-order valence-corrected chi connectivity index (χ0v) is 16.3. The van der Waals surface area contributed by atoms with Gasteiger partial charge in [0.25, 0.3) is 0 Å². The van der Waals surface area contributed by atoms with Gasteiger partial charge in [-0.3, -0.25) is 4.79 Å². The van der Waals surface area contributed by atoms with Gasteiger partial charge in [0, 0.05) is 31.5 Å². The lowest BCUT2D eigenvalue weighted by atomic mass is 9.97. The summed E-state index contributed by atoms with van der Waals surface area (Å²) in [5, 5.41) is 7.12. The van der Waals surface area contributed by atoms with Crippen molar-refractivity contribution in [3.63, 3.8) is 0 Å². The van der Waals surface area contributed by atoms with Gasteiger partial charge in [0.1, 0.15) is 5.82 Å². The number of hydrogen-bond donors (Lipinski definition) is 1. The number of halogens is 2. The maximum Gasteiger partial charge on any atom is 0.226 e. The normalized spacial score (nSPS) is 16.8. The minimum atomic E-state index is -0.300. The van der Waals surface area contributed by atoms with Crippen LogP contribution in [0.2, 0.25) is 0 Å². The fourth-order valence-electron chi connectivity index (χ4n) is 3.37. The third kappa shape index (κ3) is 6.01. The van der Waals surface area contributed by atoms with E-state index in [1.165, 1.54) is 18.6 Å². The van der Waals surface area contributed by atoms with Gasteiger partial charge < -0.3 is 14.7 Å². The zero-order valence-electron chi connectivity index (χ0n) is 15.5.